The molecule has 2 rings (SSSR count). The van der Waals surface area contributed by atoms with Crippen molar-refractivity contribution in [3.63, 3.8) is 0 Å². The molecule has 3 nitrogen and oxygen atoms in total. The molecule has 0 bridgehead atoms. The minimum Gasteiger partial charge on any atom is -0.407 e. The number of nitriles is 1. The van der Waals surface area contributed by atoms with Gasteiger partial charge < -0.3 is 9.31 Å². The SMILES string of the molecule is CCC(C#N)CB(OCc1ccccc1)OCc1ccccc1. The van der Waals surface area contributed by atoms with Crippen LogP contribution in [-0.4, -0.2) is 7.12 Å². The number of benzene rings is 2. The Morgan fingerprint density at radius 3 is 1.78 bits per heavy atom. The van der Waals surface area contributed by atoms with E-state index < -0.39 is 0 Å². The molecule has 0 aliphatic carbocycles. The molecule has 0 spiro atoms. The second-order valence-electron chi connectivity index (χ2n) is 5.49. The third kappa shape index (κ3) is 6.28. The van der Waals surface area contributed by atoms with Crippen LogP contribution in [-0.2, 0) is 22.5 Å². The predicted molar refractivity (Wildman–Crippen MR) is 92.4 cm³/mol. The summed E-state index contributed by atoms with van der Waals surface area (Å²) in [4.78, 5) is 0. The largest absolute Gasteiger partial charge is 0.458 e. The summed E-state index contributed by atoms with van der Waals surface area (Å²) in [5.41, 5.74) is 2.21. The van der Waals surface area contributed by atoms with Crippen LogP contribution in [0, 0.1) is 17.2 Å². The molecule has 0 aliphatic rings. The fourth-order valence-electron chi connectivity index (χ4n) is 2.25. The molecule has 0 heterocycles. The highest BCUT2D eigenvalue weighted by Crippen LogP contribution is 2.15. The van der Waals surface area contributed by atoms with Crippen molar-refractivity contribution < 1.29 is 9.31 Å². The first kappa shape index (κ1) is 17.3. The third-order valence-electron chi connectivity index (χ3n) is 3.71. The molecule has 23 heavy (non-hydrogen) atoms. The van der Waals surface area contributed by atoms with E-state index >= 15 is 0 Å². The molecule has 0 N–H and O–H groups in total. The summed E-state index contributed by atoms with van der Waals surface area (Å²) in [5, 5.41) is 9.18. The van der Waals surface area contributed by atoms with E-state index in [0.717, 1.165) is 17.5 Å². The average molecular weight is 307 g/mol. The van der Waals surface area contributed by atoms with Gasteiger partial charge in [-0.25, -0.2) is 0 Å². The van der Waals surface area contributed by atoms with Crippen molar-refractivity contribution in [1.82, 2.24) is 0 Å². The van der Waals surface area contributed by atoms with Crippen LogP contribution in [0.2, 0.25) is 6.32 Å². The van der Waals surface area contributed by atoms with E-state index in [1.54, 1.807) is 0 Å². The molecule has 0 fully saturated rings. The Morgan fingerprint density at radius 2 is 1.39 bits per heavy atom. The zero-order valence-corrected chi connectivity index (χ0v) is 13.5. The molecular formula is C19H22BNO2. The second kappa shape index (κ2) is 9.84. The Hall–Kier alpha value is -2.09. The lowest BCUT2D eigenvalue weighted by Crippen LogP contribution is -2.25. The van der Waals surface area contributed by atoms with Crippen LogP contribution < -0.4 is 0 Å². The zero-order chi connectivity index (χ0) is 16.3. The highest BCUT2D eigenvalue weighted by Gasteiger charge is 2.23. The van der Waals surface area contributed by atoms with Gasteiger partial charge in [-0.05, 0) is 23.9 Å². The summed E-state index contributed by atoms with van der Waals surface area (Å²) < 4.78 is 11.8. The van der Waals surface area contributed by atoms with Crippen molar-refractivity contribution in [3.8, 4) is 6.07 Å². The van der Waals surface area contributed by atoms with Crippen LogP contribution in [0.1, 0.15) is 24.5 Å². The number of nitrogens with zero attached hydrogens (tertiary/aromatic N) is 1. The van der Waals surface area contributed by atoms with Crippen LogP contribution in [0.5, 0.6) is 0 Å². The van der Waals surface area contributed by atoms with Crippen molar-refractivity contribution in [2.45, 2.75) is 32.9 Å². The summed E-state index contributed by atoms with van der Waals surface area (Å²) in [7, 11) is -0.375. The van der Waals surface area contributed by atoms with E-state index in [1.165, 1.54) is 0 Å². The molecule has 0 saturated carbocycles. The average Bonchev–Trinajstić information content (AvgIpc) is 2.63. The first-order chi connectivity index (χ1) is 11.3. The van der Waals surface area contributed by atoms with E-state index in [0.29, 0.717) is 19.5 Å². The number of rotatable bonds is 9. The molecular weight excluding hydrogens is 285 g/mol. The maximum absolute atomic E-state index is 9.18. The molecule has 2 aromatic carbocycles. The fourth-order valence-corrected chi connectivity index (χ4v) is 2.25. The molecule has 1 atom stereocenters. The fraction of sp³-hybridized carbons (Fsp3) is 0.316. The maximum atomic E-state index is 9.18. The van der Waals surface area contributed by atoms with Gasteiger partial charge >= 0.3 is 7.12 Å². The van der Waals surface area contributed by atoms with Crippen molar-refractivity contribution in [2.75, 3.05) is 0 Å². The Kier molecular flexibility index (Phi) is 7.39. The van der Waals surface area contributed by atoms with Gasteiger partial charge in [-0.2, -0.15) is 5.26 Å². The van der Waals surface area contributed by atoms with Gasteiger partial charge in [0.2, 0.25) is 0 Å². The van der Waals surface area contributed by atoms with Crippen molar-refractivity contribution in [2.24, 2.45) is 5.92 Å². The van der Waals surface area contributed by atoms with E-state index in [-0.39, 0.29) is 13.0 Å². The van der Waals surface area contributed by atoms with Crippen LogP contribution in [0.4, 0.5) is 0 Å². The smallest absolute Gasteiger partial charge is 0.407 e. The summed E-state index contributed by atoms with van der Waals surface area (Å²) in [6.45, 7) is 2.99. The van der Waals surface area contributed by atoms with Gasteiger partial charge in [-0.3, -0.25) is 0 Å². The first-order valence-corrected chi connectivity index (χ1v) is 8.02. The van der Waals surface area contributed by atoms with E-state index in [2.05, 4.69) is 6.07 Å². The van der Waals surface area contributed by atoms with Crippen LogP contribution in [0.25, 0.3) is 0 Å². The van der Waals surface area contributed by atoms with Crippen molar-refractivity contribution >= 4 is 7.12 Å². The van der Waals surface area contributed by atoms with Gasteiger partial charge in [0, 0.05) is 5.92 Å². The van der Waals surface area contributed by atoms with Crippen LogP contribution in [0.3, 0.4) is 0 Å². The van der Waals surface area contributed by atoms with E-state index in [4.69, 9.17) is 9.31 Å². The number of hydrogen-bond donors (Lipinski definition) is 0. The molecule has 1 unspecified atom stereocenters. The normalized spacial score (nSPS) is 11.7. The Morgan fingerprint density at radius 1 is 0.913 bits per heavy atom. The van der Waals surface area contributed by atoms with Gasteiger partial charge in [0.25, 0.3) is 0 Å². The first-order valence-electron chi connectivity index (χ1n) is 8.02. The quantitative estimate of drug-likeness (QED) is 0.642. The highest BCUT2D eigenvalue weighted by molar-refractivity contribution is 6.44. The summed E-state index contributed by atoms with van der Waals surface area (Å²) in [5.74, 6) is -0.0495. The van der Waals surface area contributed by atoms with E-state index in [1.807, 2.05) is 67.6 Å². The number of hydrogen-bond acceptors (Lipinski definition) is 3. The van der Waals surface area contributed by atoms with Gasteiger partial charge in [0.1, 0.15) is 0 Å². The highest BCUT2D eigenvalue weighted by atomic mass is 16.6. The summed E-state index contributed by atoms with van der Waals surface area (Å²) >= 11 is 0. The lowest BCUT2D eigenvalue weighted by Gasteiger charge is -2.17. The maximum Gasteiger partial charge on any atom is 0.458 e. The van der Waals surface area contributed by atoms with Gasteiger partial charge in [-0.15, -0.1) is 0 Å². The lowest BCUT2D eigenvalue weighted by atomic mass is 9.76. The molecule has 118 valence electrons. The zero-order valence-electron chi connectivity index (χ0n) is 13.5. The Bertz CT molecular complexity index is 554. The van der Waals surface area contributed by atoms with Gasteiger partial charge in [0.05, 0.1) is 19.3 Å². The molecule has 0 aliphatic heterocycles. The van der Waals surface area contributed by atoms with Gasteiger partial charge in [0.15, 0.2) is 0 Å². The van der Waals surface area contributed by atoms with Crippen LogP contribution in [0.15, 0.2) is 60.7 Å². The molecule has 0 amide bonds. The Labute approximate surface area is 139 Å². The molecule has 4 heteroatoms. The van der Waals surface area contributed by atoms with Crippen molar-refractivity contribution in [3.05, 3.63) is 71.8 Å². The summed E-state index contributed by atoms with van der Waals surface area (Å²) in [6, 6.07) is 22.3. The van der Waals surface area contributed by atoms with Crippen molar-refractivity contribution in [1.29, 1.82) is 5.26 Å². The second-order valence-corrected chi connectivity index (χ2v) is 5.49. The van der Waals surface area contributed by atoms with Gasteiger partial charge in [-0.1, -0.05) is 67.6 Å². The molecule has 0 radical (unpaired) electrons. The lowest BCUT2D eigenvalue weighted by molar-refractivity contribution is 0.179. The monoisotopic (exact) mass is 307 g/mol. The molecule has 0 saturated heterocycles. The topological polar surface area (TPSA) is 42.2 Å². The minimum atomic E-state index is -0.375. The molecule has 0 aromatic heterocycles. The standard InChI is InChI=1S/C19H22BNO2/c1-2-17(14-21)13-20(22-15-18-9-5-3-6-10-18)23-16-19-11-7-4-8-12-19/h3-12,17H,2,13,15-16H2,1H3. The Balaban J connectivity index is 1.92. The summed E-state index contributed by atoms with van der Waals surface area (Å²) in [6.07, 6.45) is 1.39. The molecule has 2 aromatic rings. The van der Waals surface area contributed by atoms with Crippen LogP contribution >= 0.6 is 0 Å². The third-order valence-corrected chi connectivity index (χ3v) is 3.71. The van der Waals surface area contributed by atoms with E-state index in [9.17, 15) is 5.26 Å². The minimum absolute atomic E-state index is 0.0495. The predicted octanol–water partition coefficient (Wildman–Crippen LogP) is 4.46.